The molecule has 0 nitrogen and oxygen atoms in total. The van der Waals surface area contributed by atoms with Crippen LogP contribution in [0, 0.1) is 5.92 Å². The number of rotatable bonds is 11. The van der Waals surface area contributed by atoms with Crippen molar-refractivity contribution in [3.63, 3.8) is 0 Å². The Kier molecular flexibility index (Phi) is 10.2. The van der Waals surface area contributed by atoms with Crippen molar-refractivity contribution >= 4 is 5.57 Å². The maximum Gasteiger partial charge on any atom is -0.0132 e. The van der Waals surface area contributed by atoms with Crippen LogP contribution in [-0.4, -0.2) is 0 Å². The molecule has 0 saturated heterocycles. The summed E-state index contributed by atoms with van der Waals surface area (Å²) >= 11 is 0. The number of allylic oxidation sites excluding steroid dienone is 2. The van der Waals surface area contributed by atoms with Crippen molar-refractivity contribution in [1.29, 1.82) is 0 Å². The molecule has 1 rings (SSSR count). The van der Waals surface area contributed by atoms with Crippen LogP contribution in [0.15, 0.2) is 30.3 Å². The first-order chi connectivity index (χ1) is 11.9. The fourth-order valence-electron chi connectivity index (χ4n) is 3.59. The second-order valence-electron chi connectivity index (χ2n) is 8.61. The predicted molar refractivity (Wildman–Crippen MR) is 115 cm³/mol. The molecule has 0 aliphatic rings. The van der Waals surface area contributed by atoms with Gasteiger partial charge in [-0.25, -0.2) is 0 Å². The molecular weight excluding hydrogens is 300 g/mol. The Labute approximate surface area is 158 Å². The molecule has 0 heterocycles. The molecule has 0 aromatic heterocycles. The van der Waals surface area contributed by atoms with Gasteiger partial charge < -0.3 is 0 Å². The molecule has 1 aromatic carbocycles. The van der Waals surface area contributed by atoms with Gasteiger partial charge in [0.25, 0.3) is 0 Å². The maximum absolute atomic E-state index is 2.56. The summed E-state index contributed by atoms with van der Waals surface area (Å²) < 4.78 is 0. The van der Waals surface area contributed by atoms with Crippen LogP contribution in [0.4, 0.5) is 0 Å². The second kappa shape index (κ2) is 11.6. The third-order valence-corrected chi connectivity index (χ3v) is 5.24. The third-order valence-electron chi connectivity index (χ3n) is 5.24. The van der Waals surface area contributed by atoms with Gasteiger partial charge in [0.05, 0.1) is 0 Å². The summed E-state index contributed by atoms with van der Waals surface area (Å²) in [5.41, 5.74) is 4.74. The lowest BCUT2D eigenvalue weighted by Crippen LogP contribution is -2.11. The molecule has 0 bridgehead atoms. The Morgan fingerprint density at radius 3 is 2.00 bits per heavy atom. The van der Waals surface area contributed by atoms with Crippen LogP contribution in [-0.2, 0) is 5.41 Å². The van der Waals surface area contributed by atoms with Gasteiger partial charge in [0, 0.05) is 0 Å². The number of benzene rings is 1. The molecule has 25 heavy (non-hydrogen) atoms. The smallest absolute Gasteiger partial charge is 0.0132 e. The number of unbranched alkanes of at least 4 members (excludes halogenated alkanes) is 4. The molecule has 0 spiro atoms. The van der Waals surface area contributed by atoms with Gasteiger partial charge in [0.2, 0.25) is 0 Å². The second-order valence-corrected chi connectivity index (χ2v) is 8.61. The zero-order valence-corrected chi connectivity index (χ0v) is 17.8. The van der Waals surface area contributed by atoms with Crippen molar-refractivity contribution in [3.8, 4) is 0 Å². The van der Waals surface area contributed by atoms with Gasteiger partial charge in [-0.2, -0.15) is 0 Å². The normalized spacial score (nSPS) is 13.9. The van der Waals surface area contributed by atoms with E-state index in [9.17, 15) is 0 Å². The highest BCUT2D eigenvalue weighted by Gasteiger charge is 2.17. The van der Waals surface area contributed by atoms with Crippen LogP contribution in [0.25, 0.3) is 5.57 Å². The minimum absolute atomic E-state index is 0.231. The monoisotopic (exact) mass is 342 g/mol. The van der Waals surface area contributed by atoms with Gasteiger partial charge in [-0.3, -0.25) is 0 Å². The molecule has 0 saturated carbocycles. The van der Waals surface area contributed by atoms with Gasteiger partial charge in [0.15, 0.2) is 0 Å². The molecule has 0 radical (unpaired) electrons. The number of hydrogen-bond acceptors (Lipinski definition) is 0. The van der Waals surface area contributed by atoms with E-state index >= 15 is 0 Å². The number of hydrogen-bond donors (Lipinski definition) is 0. The van der Waals surface area contributed by atoms with Crippen molar-refractivity contribution < 1.29 is 0 Å². The van der Waals surface area contributed by atoms with E-state index in [1.807, 2.05) is 0 Å². The zero-order valence-electron chi connectivity index (χ0n) is 17.8. The Bertz CT molecular complexity index is 484. The van der Waals surface area contributed by atoms with Crippen LogP contribution in [0.3, 0.4) is 0 Å². The van der Waals surface area contributed by atoms with E-state index < -0.39 is 0 Å². The van der Waals surface area contributed by atoms with Gasteiger partial charge in [-0.15, -0.1) is 0 Å². The summed E-state index contributed by atoms with van der Waals surface area (Å²) in [6.07, 6.45) is 14.4. The summed E-state index contributed by atoms with van der Waals surface area (Å²) in [5.74, 6) is 0.730. The first-order valence-electron chi connectivity index (χ1n) is 10.7. The first kappa shape index (κ1) is 22.0. The summed E-state index contributed by atoms with van der Waals surface area (Å²) in [6.45, 7) is 13.8. The minimum atomic E-state index is 0.231. The van der Waals surface area contributed by atoms with E-state index in [1.54, 1.807) is 5.57 Å². The van der Waals surface area contributed by atoms with E-state index in [0.29, 0.717) is 0 Å². The fourth-order valence-corrected chi connectivity index (χ4v) is 3.59. The van der Waals surface area contributed by atoms with Crippen LogP contribution in [0.5, 0.6) is 0 Å². The molecule has 0 aliphatic heterocycles. The third kappa shape index (κ3) is 7.80. The van der Waals surface area contributed by atoms with E-state index in [0.717, 1.165) is 5.92 Å². The molecular formula is C25H42. The quantitative estimate of drug-likeness (QED) is 0.353. The largest absolute Gasteiger partial charge is 0.0804 e. The highest BCUT2D eigenvalue weighted by atomic mass is 14.2. The summed E-state index contributed by atoms with van der Waals surface area (Å²) in [5, 5.41) is 0. The highest BCUT2D eigenvalue weighted by molar-refractivity contribution is 5.67. The fraction of sp³-hybridized carbons (Fsp3) is 0.680. The van der Waals surface area contributed by atoms with Gasteiger partial charge in [-0.1, -0.05) is 110 Å². The van der Waals surface area contributed by atoms with Gasteiger partial charge in [0.1, 0.15) is 0 Å². The lowest BCUT2D eigenvalue weighted by molar-refractivity contribution is 0.513. The van der Waals surface area contributed by atoms with Crippen LogP contribution in [0.2, 0.25) is 0 Å². The molecule has 0 heteroatoms. The average molecular weight is 343 g/mol. The predicted octanol–water partition coefficient (Wildman–Crippen LogP) is 8.55. The van der Waals surface area contributed by atoms with Crippen molar-refractivity contribution in [2.45, 2.75) is 105 Å². The van der Waals surface area contributed by atoms with Gasteiger partial charge in [-0.05, 0) is 47.3 Å². The Hall–Kier alpha value is -1.04. The van der Waals surface area contributed by atoms with E-state index in [2.05, 4.69) is 71.9 Å². The zero-order chi connectivity index (χ0) is 18.7. The lowest BCUT2D eigenvalue weighted by atomic mass is 9.82. The molecule has 1 unspecified atom stereocenters. The van der Waals surface area contributed by atoms with E-state index in [-0.39, 0.29) is 5.41 Å². The average Bonchev–Trinajstić information content (AvgIpc) is 2.58. The van der Waals surface area contributed by atoms with E-state index in [4.69, 9.17) is 0 Å². The SMILES string of the molecule is CCCCC=C(c1ccc(C(C)(C)C)cc1)C(CCC)CCCCC. The minimum Gasteiger partial charge on any atom is -0.0804 e. The molecule has 0 aliphatic carbocycles. The van der Waals surface area contributed by atoms with Crippen LogP contribution < -0.4 is 0 Å². The summed E-state index contributed by atoms with van der Waals surface area (Å²) in [7, 11) is 0. The Balaban J connectivity index is 3.06. The standard InChI is InChI=1S/C25H42/c1-7-10-12-15-21(14-9-3)24(16-13-11-8-2)22-17-19-23(20-18-22)25(4,5)6/h16-21H,7-15H2,1-6H3. The van der Waals surface area contributed by atoms with Crippen LogP contribution in [0.1, 0.15) is 110 Å². The molecule has 1 atom stereocenters. The molecule has 0 fully saturated rings. The molecule has 0 amide bonds. The topological polar surface area (TPSA) is 0 Å². The molecule has 1 aromatic rings. The Morgan fingerprint density at radius 2 is 1.48 bits per heavy atom. The lowest BCUT2D eigenvalue weighted by Gasteiger charge is -2.23. The summed E-state index contributed by atoms with van der Waals surface area (Å²) in [6, 6.07) is 9.44. The Morgan fingerprint density at radius 1 is 0.840 bits per heavy atom. The van der Waals surface area contributed by atoms with E-state index in [1.165, 1.54) is 68.9 Å². The molecule has 0 N–H and O–H groups in total. The van der Waals surface area contributed by atoms with Gasteiger partial charge >= 0.3 is 0 Å². The highest BCUT2D eigenvalue weighted by Crippen LogP contribution is 2.33. The maximum atomic E-state index is 2.56. The van der Waals surface area contributed by atoms with Crippen molar-refractivity contribution in [1.82, 2.24) is 0 Å². The molecule has 142 valence electrons. The van der Waals surface area contributed by atoms with Crippen molar-refractivity contribution in [2.75, 3.05) is 0 Å². The first-order valence-corrected chi connectivity index (χ1v) is 10.7. The van der Waals surface area contributed by atoms with Crippen molar-refractivity contribution in [3.05, 3.63) is 41.5 Å². The van der Waals surface area contributed by atoms with Crippen LogP contribution >= 0.6 is 0 Å². The van der Waals surface area contributed by atoms with Crippen molar-refractivity contribution in [2.24, 2.45) is 5.92 Å². The summed E-state index contributed by atoms with van der Waals surface area (Å²) in [4.78, 5) is 0.